The average molecular weight is 328 g/mol. The fraction of sp³-hybridized carbons (Fsp3) is 0.118. The zero-order valence-corrected chi connectivity index (χ0v) is 13.1. The number of fused-ring (bicyclic) bond motifs is 1. The van der Waals surface area contributed by atoms with Crippen LogP contribution < -0.4 is 10.9 Å². The van der Waals surface area contributed by atoms with Crippen molar-refractivity contribution in [2.24, 2.45) is 0 Å². The van der Waals surface area contributed by atoms with Gasteiger partial charge in [-0.1, -0.05) is 30.7 Å². The topological polar surface area (TPSA) is 74.8 Å². The third kappa shape index (κ3) is 3.10. The molecule has 0 aliphatic rings. The van der Waals surface area contributed by atoms with Gasteiger partial charge < -0.3 is 10.3 Å². The minimum absolute atomic E-state index is 0.147. The van der Waals surface area contributed by atoms with Crippen LogP contribution in [0.1, 0.15) is 13.3 Å². The lowest BCUT2D eigenvalue weighted by Gasteiger charge is -2.11. The number of benzene rings is 2. The van der Waals surface area contributed by atoms with E-state index < -0.39 is 0 Å². The summed E-state index contributed by atoms with van der Waals surface area (Å²) >= 11 is 6.05. The zero-order chi connectivity index (χ0) is 16.4. The summed E-state index contributed by atoms with van der Waals surface area (Å²) in [5.74, 6) is -0.147. The van der Waals surface area contributed by atoms with Crippen molar-refractivity contribution in [3.05, 3.63) is 57.8 Å². The molecule has 3 rings (SSSR count). The van der Waals surface area contributed by atoms with Crippen LogP contribution in [-0.4, -0.2) is 15.9 Å². The van der Waals surface area contributed by atoms with Gasteiger partial charge in [-0.05, 0) is 30.3 Å². The zero-order valence-electron chi connectivity index (χ0n) is 12.4. The molecule has 2 N–H and O–H groups in total. The molecule has 0 saturated heterocycles. The summed E-state index contributed by atoms with van der Waals surface area (Å²) in [6, 6.07) is 12.2. The van der Waals surface area contributed by atoms with E-state index in [-0.39, 0.29) is 17.2 Å². The maximum absolute atomic E-state index is 12.4. The Morgan fingerprint density at radius 1 is 1.26 bits per heavy atom. The summed E-state index contributed by atoms with van der Waals surface area (Å²) in [5.41, 5.74) is 2.20. The second-order valence-corrected chi connectivity index (χ2v) is 5.46. The van der Waals surface area contributed by atoms with E-state index in [1.54, 1.807) is 31.2 Å². The first-order valence-corrected chi connectivity index (χ1v) is 7.55. The van der Waals surface area contributed by atoms with E-state index in [9.17, 15) is 9.59 Å². The Bertz CT molecular complexity index is 950. The van der Waals surface area contributed by atoms with Gasteiger partial charge in [-0.2, -0.15) is 0 Å². The summed E-state index contributed by atoms with van der Waals surface area (Å²) in [6.45, 7) is 1.76. The molecule has 5 nitrogen and oxygen atoms in total. The summed E-state index contributed by atoms with van der Waals surface area (Å²) in [4.78, 5) is 31.3. The molecule has 0 radical (unpaired) electrons. The Hall–Kier alpha value is -2.66. The van der Waals surface area contributed by atoms with E-state index in [1.165, 1.54) is 0 Å². The quantitative estimate of drug-likeness (QED) is 0.772. The van der Waals surface area contributed by atoms with Crippen molar-refractivity contribution in [3.8, 4) is 11.3 Å². The molecule has 2 aromatic carbocycles. The number of anilines is 1. The molecule has 1 heterocycles. The smallest absolute Gasteiger partial charge is 0.275 e. The summed E-state index contributed by atoms with van der Waals surface area (Å²) in [5, 5.41) is 3.23. The average Bonchev–Trinajstić information content (AvgIpc) is 2.55. The van der Waals surface area contributed by atoms with Crippen LogP contribution in [0.2, 0.25) is 5.02 Å². The molecular weight excluding hydrogens is 314 g/mol. The number of para-hydroxylation sites is 2. The van der Waals surface area contributed by atoms with Gasteiger partial charge in [0.15, 0.2) is 0 Å². The monoisotopic (exact) mass is 327 g/mol. The third-order valence-electron chi connectivity index (χ3n) is 3.43. The van der Waals surface area contributed by atoms with Crippen LogP contribution in [0.4, 0.5) is 5.69 Å². The molecule has 0 saturated carbocycles. The van der Waals surface area contributed by atoms with Gasteiger partial charge in [0.25, 0.3) is 5.56 Å². The van der Waals surface area contributed by atoms with Crippen molar-refractivity contribution in [2.75, 3.05) is 5.32 Å². The molecule has 0 aliphatic heterocycles. The van der Waals surface area contributed by atoms with Crippen molar-refractivity contribution >= 4 is 34.2 Å². The van der Waals surface area contributed by atoms with Gasteiger partial charge in [0.1, 0.15) is 5.69 Å². The predicted molar refractivity (Wildman–Crippen MR) is 91.7 cm³/mol. The number of amides is 1. The first-order valence-electron chi connectivity index (χ1n) is 7.17. The van der Waals surface area contributed by atoms with Gasteiger partial charge in [-0.15, -0.1) is 0 Å². The van der Waals surface area contributed by atoms with Crippen LogP contribution in [-0.2, 0) is 4.79 Å². The molecule has 116 valence electrons. The van der Waals surface area contributed by atoms with Crippen LogP contribution in [0, 0.1) is 0 Å². The van der Waals surface area contributed by atoms with Gasteiger partial charge in [-0.3, -0.25) is 9.59 Å². The summed E-state index contributed by atoms with van der Waals surface area (Å²) in [7, 11) is 0. The molecule has 0 atom stereocenters. The number of H-pyrrole nitrogens is 1. The van der Waals surface area contributed by atoms with E-state index in [0.29, 0.717) is 33.7 Å². The lowest BCUT2D eigenvalue weighted by atomic mass is 10.1. The maximum Gasteiger partial charge on any atom is 0.275 e. The largest absolute Gasteiger partial charge is 0.325 e. The molecule has 0 bridgehead atoms. The number of rotatable bonds is 3. The predicted octanol–water partition coefficient (Wildman–Crippen LogP) is 3.59. The second-order valence-electron chi connectivity index (χ2n) is 5.02. The first-order chi connectivity index (χ1) is 11.1. The molecule has 0 unspecified atom stereocenters. The van der Waals surface area contributed by atoms with E-state index in [2.05, 4.69) is 15.3 Å². The third-order valence-corrected chi connectivity index (χ3v) is 3.67. The number of nitrogens with zero attached hydrogens (tertiary/aromatic N) is 1. The molecule has 23 heavy (non-hydrogen) atoms. The molecule has 0 fully saturated rings. The Balaban J connectivity index is 2.21. The number of halogens is 1. The summed E-state index contributed by atoms with van der Waals surface area (Å²) < 4.78 is 0. The first kappa shape index (κ1) is 15.2. The molecule has 6 heteroatoms. The molecular formula is C17H14ClN3O2. The van der Waals surface area contributed by atoms with E-state index in [1.807, 2.05) is 18.2 Å². The highest BCUT2D eigenvalue weighted by molar-refractivity contribution is 6.31. The SMILES string of the molecule is CCC(=O)Nc1ccc(Cl)cc1-c1nc2ccccc2[nH]c1=O. The van der Waals surface area contributed by atoms with Crippen molar-refractivity contribution < 1.29 is 4.79 Å². The van der Waals surface area contributed by atoms with E-state index >= 15 is 0 Å². The lowest BCUT2D eigenvalue weighted by Crippen LogP contribution is -2.15. The number of carbonyl (C=O) groups is 1. The Morgan fingerprint density at radius 3 is 2.83 bits per heavy atom. The number of nitrogens with one attached hydrogen (secondary N) is 2. The van der Waals surface area contributed by atoms with E-state index in [4.69, 9.17) is 11.6 Å². The highest BCUT2D eigenvalue weighted by atomic mass is 35.5. The number of carbonyl (C=O) groups excluding carboxylic acids is 1. The Kier molecular flexibility index (Phi) is 4.12. The Labute approximate surface area is 137 Å². The molecule has 1 amide bonds. The standard InChI is InChI=1S/C17H14ClN3O2/c1-2-15(22)19-12-8-7-10(18)9-11(12)16-17(23)21-14-6-4-3-5-13(14)20-16/h3-9H,2H2,1H3,(H,19,22)(H,21,23). The Morgan fingerprint density at radius 2 is 2.04 bits per heavy atom. The van der Waals surface area contributed by atoms with Crippen molar-refractivity contribution in [2.45, 2.75) is 13.3 Å². The van der Waals surface area contributed by atoms with Crippen LogP contribution in [0.3, 0.4) is 0 Å². The molecule has 0 spiro atoms. The van der Waals surface area contributed by atoms with Crippen LogP contribution in [0.25, 0.3) is 22.3 Å². The molecule has 1 aromatic heterocycles. The van der Waals surface area contributed by atoms with Gasteiger partial charge in [0.2, 0.25) is 5.91 Å². The fourth-order valence-corrected chi connectivity index (χ4v) is 2.44. The normalized spacial score (nSPS) is 10.7. The number of hydrogen-bond acceptors (Lipinski definition) is 3. The highest BCUT2D eigenvalue weighted by Crippen LogP contribution is 2.28. The minimum atomic E-state index is -0.335. The van der Waals surface area contributed by atoms with Gasteiger partial charge in [0.05, 0.1) is 16.7 Å². The number of hydrogen-bond donors (Lipinski definition) is 2. The van der Waals surface area contributed by atoms with Gasteiger partial charge in [-0.25, -0.2) is 4.98 Å². The van der Waals surface area contributed by atoms with Gasteiger partial charge >= 0.3 is 0 Å². The maximum atomic E-state index is 12.4. The number of aromatic amines is 1. The summed E-state index contributed by atoms with van der Waals surface area (Å²) in [6.07, 6.45) is 0.337. The van der Waals surface area contributed by atoms with Crippen LogP contribution >= 0.6 is 11.6 Å². The van der Waals surface area contributed by atoms with Gasteiger partial charge in [0, 0.05) is 17.0 Å². The van der Waals surface area contributed by atoms with Crippen molar-refractivity contribution in [3.63, 3.8) is 0 Å². The fourth-order valence-electron chi connectivity index (χ4n) is 2.27. The van der Waals surface area contributed by atoms with Crippen molar-refractivity contribution in [1.82, 2.24) is 9.97 Å². The van der Waals surface area contributed by atoms with Crippen LogP contribution in [0.5, 0.6) is 0 Å². The highest BCUT2D eigenvalue weighted by Gasteiger charge is 2.14. The lowest BCUT2D eigenvalue weighted by molar-refractivity contribution is -0.115. The van der Waals surface area contributed by atoms with Crippen molar-refractivity contribution in [1.29, 1.82) is 0 Å². The molecule has 0 aliphatic carbocycles. The number of aromatic nitrogens is 2. The van der Waals surface area contributed by atoms with Crippen LogP contribution in [0.15, 0.2) is 47.3 Å². The van der Waals surface area contributed by atoms with E-state index in [0.717, 1.165) is 0 Å². The minimum Gasteiger partial charge on any atom is -0.325 e. The second kappa shape index (κ2) is 6.22. The molecule has 3 aromatic rings.